The number of nitrogens with one attached hydrogen (secondary N) is 1. The van der Waals surface area contributed by atoms with Crippen LogP contribution >= 0.6 is 22.6 Å². The van der Waals surface area contributed by atoms with E-state index in [-0.39, 0.29) is 0 Å². The van der Waals surface area contributed by atoms with E-state index in [0.29, 0.717) is 5.76 Å². The molecule has 24 heavy (non-hydrogen) atoms. The molecule has 1 aromatic heterocycles. The normalized spacial score (nSPS) is 12.1. The van der Waals surface area contributed by atoms with Gasteiger partial charge in [-0.25, -0.2) is 0 Å². The Labute approximate surface area is 155 Å². The Bertz CT molecular complexity index is 753. The molecule has 3 aromatic rings. The molecule has 0 spiro atoms. The van der Waals surface area contributed by atoms with Gasteiger partial charge < -0.3 is 14.8 Å². The molecule has 1 atom stereocenters. The van der Waals surface area contributed by atoms with Gasteiger partial charge in [-0.05, 0) is 71.0 Å². The SMILES string of the molecule is OC(c1ccccc1)c1ccc(CCCNc2ccc(I)cc2)o1. The van der Waals surface area contributed by atoms with Crippen molar-refractivity contribution < 1.29 is 9.52 Å². The Balaban J connectivity index is 1.48. The molecule has 0 radical (unpaired) electrons. The zero-order valence-electron chi connectivity index (χ0n) is 13.3. The number of aliphatic hydroxyl groups excluding tert-OH is 1. The fourth-order valence-corrected chi connectivity index (χ4v) is 2.90. The molecule has 3 rings (SSSR count). The number of hydrogen-bond acceptors (Lipinski definition) is 3. The average molecular weight is 433 g/mol. The Hall–Kier alpha value is -1.79. The zero-order chi connectivity index (χ0) is 16.8. The second-order valence-corrected chi connectivity index (χ2v) is 6.90. The average Bonchev–Trinajstić information content (AvgIpc) is 3.09. The molecule has 124 valence electrons. The van der Waals surface area contributed by atoms with Crippen LogP contribution in [-0.2, 0) is 6.42 Å². The van der Waals surface area contributed by atoms with Gasteiger partial charge in [0.2, 0.25) is 0 Å². The maximum atomic E-state index is 10.3. The third-order valence-corrected chi connectivity index (χ3v) is 4.56. The van der Waals surface area contributed by atoms with Crippen LogP contribution in [0.3, 0.4) is 0 Å². The summed E-state index contributed by atoms with van der Waals surface area (Å²) in [5, 5.41) is 13.7. The van der Waals surface area contributed by atoms with Gasteiger partial charge in [0.15, 0.2) is 0 Å². The molecule has 0 saturated carbocycles. The van der Waals surface area contributed by atoms with E-state index >= 15 is 0 Å². The highest BCUT2D eigenvalue weighted by Crippen LogP contribution is 2.24. The number of rotatable bonds is 7. The first-order valence-corrected chi connectivity index (χ1v) is 9.11. The lowest BCUT2D eigenvalue weighted by Crippen LogP contribution is -2.02. The third kappa shape index (κ3) is 4.61. The van der Waals surface area contributed by atoms with Gasteiger partial charge in [0.1, 0.15) is 17.6 Å². The Morgan fingerprint density at radius 2 is 1.71 bits per heavy atom. The van der Waals surface area contributed by atoms with Gasteiger partial charge in [-0.2, -0.15) is 0 Å². The van der Waals surface area contributed by atoms with Gasteiger partial charge >= 0.3 is 0 Å². The monoisotopic (exact) mass is 433 g/mol. The minimum absolute atomic E-state index is 0.599. The molecular weight excluding hydrogens is 413 g/mol. The standard InChI is InChI=1S/C20H20INO2/c21-16-8-10-17(11-9-16)22-14-4-7-18-12-13-19(24-18)20(23)15-5-2-1-3-6-15/h1-3,5-6,8-13,20,22-23H,4,7,14H2. The predicted molar refractivity (Wildman–Crippen MR) is 105 cm³/mol. The lowest BCUT2D eigenvalue weighted by molar-refractivity contribution is 0.186. The van der Waals surface area contributed by atoms with E-state index in [9.17, 15) is 5.11 Å². The van der Waals surface area contributed by atoms with Crippen LogP contribution in [0.4, 0.5) is 5.69 Å². The van der Waals surface area contributed by atoms with E-state index in [4.69, 9.17) is 4.42 Å². The topological polar surface area (TPSA) is 45.4 Å². The summed E-state index contributed by atoms with van der Waals surface area (Å²) in [5.74, 6) is 1.51. The van der Waals surface area contributed by atoms with Crippen LogP contribution < -0.4 is 5.32 Å². The summed E-state index contributed by atoms with van der Waals surface area (Å²) in [4.78, 5) is 0. The quantitative estimate of drug-likeness (QED) is 0.407. The predicted octanol–water partition coefficient (Wildman–Crippen LogP) is 5.01. The van der Waals surface area contributed by atoms with Gasteiger partial charge in [0, 0.05) is 22.2 Å². The van der Waals surface area contributed by atoms with Crippen molar-refractivity contribution in [2.75, 3.05) is 11.9 Å². The molecule has 0 aliphatic carbocycles. The highest BCUT2D eigenvalue weighted by atomic mass is 127. The third-order valence-electron chi connectivity index (χ3n) is 3.84. The first kappa shape index (κ1) is 17.0. The van der Waals surface area contributed by atoms with Crippen molar-refractivity contribution in [2.24, 2.45) is 0 Å². The Morgan fingerprint density at radius 3 is 2.46 bits per heavy atom. The van der Waals surface area contributed by atoms with Crippen molar-refractivity contribution in [1.29, 1.82) is 0 Å². The van der Waals surface area contributed by atoms with Crippen LogP contribution in [0, 0.1) is 3.57 Å². The molecule has 2 N–H and O–H groups in total. The summed E-state index contributed by atoms with van der Waals surface area (Å²) < 4.78 is 7.02. The first-order chi connectivity index (χ1) is 11.7. The van der Waals surface area contributed by atoms with Gasteiger partial charge in [-0.1, -0.05) is 30.3 Å². The van der Waals surface area contributed by atoms with Crippen LogP contribution in [0.1, 0.15) is 29.6 Å². The lowest BCUT2D eigenvalue weighted by Gasteiger charge is -2.08. The Kier molecular flexibility index (Phi) is 5.93. The first-order valence-electron chi connectivity index (χ1n) is 8.03. The highest BCUT2D eigenvalue weighted by Gasteiger charge is 2.14. The van der Waals surface area contributed by atoms with Crippen molar-refractivity contribution in [3.63, 3.8) is 0 Å². The second kappa shape index (κ2) is 8.35. The number of benzene rings is 2. The smallest absolute Gasteiger partial charge is 0.137 e. The summed E-state index contributed by atoms with van der Waals surface area (Å²) in [6.07, 6.45) is 1.11. The zero-order valence-corrected chi connectivity index (χ0v) is 15.4. The van der Waals surface area contributed by atoms with Crippen molar-refractivity contribution >= 4 is 28.3 Å². The molecule has 4 heteroatoms. The molecule has 1 heterocycles. The van der Waals surface area contributed by atoms with Gasteiger partial charge in [-0.15, -0.1) is 0 Å². The van der Waals surface area contributed by atoms with Crippen LogP contribution in [-0.4, -0.2) is 11.7 Å². The number of aliphatic hydroxyl groups is 1. The van der Waals surface area contributed by atoms with Gasteiger partial charge in [0.05, 0.1) is 0 Å². The number of anilines is 1. The molecule has 3 nitrogen and oxygen atoms in total. The maximum absolute atomic E-state index is 10.3. The van der Waals surface area contributed by atoms with Crippen molar-refractivity contribution in [3.8, 4) is 0 Å². The van der Waals surface area contributed by atoms with Crippen LogP contribution in [0.5, 0.6) is 0 Å². The number of aryl methyl sites for hydroxylation is 1. The van der Waals surface area contributed by atoms with Crippen molar-refractivity contribution in [2.45, 2.75) is 18.9 Å². The molecule has 0 fully saturated rings. The summed E-state index contributed by atoms with van der Waals surface area (Å²) in [5.41, 5.74) is 1.98. The summed E-state index contributed by atoms with van der Waals surface area (Å²) in [7, 11) is 0. The minimum Gasteiger partial charge on any atom is -0.463 e. The number of halogens is 1. The summed E-state index contributed by atoms with van der Waals surface area (Å²) >= 11 is 2.30. The molecular formula is C20H20INO2. The minimum atomic E-state index is -0.704. The molecule has 2 aromatic carbocycles. The van der Waals surface area contributed by atoms with E-state index in [0.717, 1.165) is 36.4 Å². The van der Waals surface area contributed by atoms with Crippen LogP contribution in [0.15, 0.2) is 71.1 Å². The van der Waals surface area contributed by atoms with Crippen molar-refractivity contribution in [1.82, 2.24) is 0 Å². The number of hydrogen-bond donors (Lipinski definition) is 2. The van der Waals surface area contributed by atoms with Gasteiger partial charge in [0.25, 0.3) is 0 Å². The largest absolute Gasteiger partial charge is 0.463 e. The van der Waals surface area contributed by atoms with Gasteiger partial charge in [-0.3, -0.25) is 0 Å². The summed E-state index contributed by atoms with van der Waals surface area (Å²) in [6.45, 7) is 0.887. The van der Waals surface area contributed by atoms with E-state index in [1.807, 2.05) is 42.5 Å². The summed E-state index contributed by atoms with van der Waals surface area (Å²) in [6, 6.07) is 21.7. The molecule has 0 saturated heterocycles. The number of furan rings is 1. The van der Waals surface area contributed by atoms with E-state index in [1.54, 1.807) is 0 Å². The molecule has 0 bridgehead atoms. The van der Waals surface area contributed by atoms with E-state index in [1.165, 1.54) is 3.57 Å². The fourth-order valence-electron chi connectivity index (χ4n) is 2.54. The molecule has 0 amide bonds. The molecule has 1 unspecified atom stereocenters. The molecule has 0 aliphatic heterocycles. The van der Waals surface area contributed by atoms with E-state index < -0.39 is 6.10 Å². The van der Waals surface area contributed by atoms with Crippen LogP contribution in [0.25, 0.3) is 0 Å². The maximum Gasteiger partial charge on any atom is 0.137 e. The second-order valence-electron chi connectivity index (χ2n) is 5.65. The Morgan fingerprint density at radius 1 is 0.958 bits per heavy atom. The lowest BCUT2D eigenvalue weighted by atomic mass is 10.1. The van der Waals surface area contributed by atoms with E-state index in [2.05, 4.69) is 52.2 Å². The van der Waals surface area contributed by atoms with Crippen molar-refractivity contribution in [3.05, 3.63) is 87.4 Å². The van der Waals surface area contributed by atoms with Crippen LogP contribution in [0.2, 0.25) is 0 Å². The highest BCUT2D eigenvalue weighted by molar-refractivity contribution is 14.1. The fraction of sp³-hybridized carbons (Fsp3) is 0.200. The molecule has 0 aliphatic rings.